The van der Waals surface area contributed by atoms with E-state index in [1.54, 1.807) is 11.8 Å². The van der Waals surface area contributed by atoms with Gasteiger partial charge >= 0.3 is 0 Å². The number of hydrogen-bond donors (Lipinski definition) is 2. The predicted octanol–water partition coefficient (Wildman–Crippen LogP) is 6.64. The van der Waals surface area contributed by atoms with Crippen molar-refractivity contribution in [3.63, 3.8) is 0 Å². The van der Waals surface area contributed by atoms with Crippen LogP contribution in [-0.2, 0) is 22.6 Å². The highest BCUT2D eigenvalue weighted by Crippen LogP contribution is 2.40. The summed E-state index contributed by atoms with van der Waals surface area (Å²) in [5.74, 6) is 0.841. The van der Waals surface area contributed by atoms with E-state index in [-0.39, 0.29) is 18.8 Å². The maximum absolute atomic E-state index is 9.44. The Labute approximate surface area is 217 Å². The molecule has 5 heteroatoms. The Morgan fingerprint density at radius 2 is 1.50 bits per heavy atom. The molecule has 0 spiro atoms. The van der Waals surface area contributed by atoms with E-state index in [0.29, 0.717) is 6.54 Å². The summed E-state index contributed by atoms with van der Waals surface area (Å²) in [6.07, 6.45) is 0.232. The van der Waals surface area contributed by atoms with Crippen molar-refractivity contribution < 1.29 is 14.6 Å². The maximum atomic E-state index is 9.44. The lowest BCUT2D eigenvalue weighted by molar-refractivity contribution is -0.245. The summed E-state index contributed by atoms with van der Waals surface area (Å²) in [6.45, 7) is 0.548. The van der Waals surface area contributed by atoms with Crippen LogP contribution >= 0.6 is 11.8 Å². The van der Waals surface area contributed by atoms with E-state index in [9.17, 15) is 5.11 Å². The van der Waals surface area contributed by atoms with Crippen molar-refractivity contribution in [2.24, 2.45) is 5.73 Å². The molecule has 1 heterocycles. The molecule has 0 radical (unpaired) electrons. The molecule has 3 unspecified atom stereocenters. The first-order valence-corrected chi connectivity index (χ1v) is 13.3. The first-order valence-electron chi connectivity index (χ1n) is 12.3. The van der Waals surface area contributed by atoms with Gasteiger partial charge in [0.1, 0.15) is 0 Å². The zero-order valence-electron chi connectivity index (χ0n) is 20.1. The summed E-state index contributed by atoms with van der Waals surface area (Å²) in [5, 5.41) is 9.44. The fraction of sp³-hybridized carbons (Fsp3) is 0.226. The molecule has 184 valence electrons. The average molecular weight is 498 g/mol. The van der Waals surface area contributed by atoms with Crippen molar-refractivity contribution in [3.8, 4) is 11.1 Å². The summed E-state index contributed by atoms with van der Waals surface area (Å²) < 4.78 is 13.1. The molecule has 0 bridgehead atoms. The highest BCUT2D eigenvalue weighted by molar-refractivity contribution is 7.99. The predicted molar refractivity (Wildman–Crippen MR) is 145 cm³/mol. The van der Waals surface area contributed by atoms with Crippen molar-refractivity contribution in [1.82, 2.24) is 0 Å². The zero-order valence-corrected chi connectivity index (χ0v) is 20.9. The van der Waals surface area contributed by atoms with Gasteiger partial charge in [0.2, 0.25) is 0 Å². The quantitative estimate of drug-likeness (QED) is 0.267. The number of ether oxygens (including phenoxy) is 2. The molecule has 3 atom stereocenters. The Balaban J connectivity index is 1.40. The number of hydrogen-bond acceptors (Lipinski definition) is 5. The molecule has 4 aromatic rings. The van der Waals surface area contributed by atoms with E-state index in [2.05, 4.69) is 72.8 Å². The molecule has 4 aromatic carbocycles. The third-order valence-electron chi connectivity index (χ3n) is 6.45. The van der Waals surface area contributed by atoms with Gasteiger partial charge in [-0.1, -0.05) is 78.9 Å². The molecule has 5 rings (SSSR count). The third kappa shape index (κ3) is 6.06. The Hall–Kier alpha value is -2.93. The molecular formula is C31H31NO3S. The Bertz CT molecular complexity index is 1260. The van der Waals surface area contributed by atoms with E-state index in [0.717, 1.165) is 45.6 Å². The molecule has 36 heavy (non-hydrogen) atoms. The summed E-state index contributed by atoms with van der Waals surface area (Å²) in [4.78, 5) is 1.23. The molecule has 1 fully saturated rings. The Kier molecular flexibility index (Phi) is 8.16. The topological polar surface area (TPSA) is 64.7 Å². The fourth-order valence-corrected chi connectivity index (χ4v) is 5.41. The van der Waals surface area contributed by atoms with E-state index in [1.165, 1.54) is 4.90 Å². The average Bonchev–Trinajstić information content (AvgIpc) is 2.96. The molecule has 4 nitrogen and oxygen atoms in total. The van der Waals surface area contributed by atoms with E-state index in [1.807, 2.05) is 30.3 Å². The number of aliphatic hydroxyl groups excluding tert-OH is 1. The molecule has 1 saturated heterocycles. The lowest BCUT2D eigenvalue weighted by Gasteiger charge is -2.36. The van der Waals surface area contributed by atoms with Gasteiger partial charge in [-0.15, -0.1) is 11.8 Å². The number of nitrogens with two attached hydrogens (primary N) is 1. The van der Waals surface area contributed by atoms with E-state index < -0.39 is 6.29 Å². The largest absolute Gasteiger partial charge is 0.392 e. The van der Waals surface area contributed by atoms with Crippen molar-refractivity contribution in [3.05, 3.63) is 125 Å². The van der Waals surface area contributed by atoms with Gasteiger partial charge in [0.25, 0.3) is 0 Å². The van der Waals surface area contributed by atoms with Crippen LogP contribution in [0, 0.1) is 0 Å². The molecule has 1 aliphatic rings. The number of aliphatic hydroxyl groups is 1. The monoisotopic (exact) mass is 497 g/mol. The van der Waals surface area contributed by atoms with Crippen LogP contribution in [0.25, 0.3) is 11.1 Å². The summed E-state index contributed by atoms with van der Waals surface area (Å²) >= 11 is 1.81. The summed E-state index contributed by atoms with van der Waals surface area (Å²) in [6, 6.07) is 35.1. The second kappa shape index (κ2) is 11.9. The normalized spacial score (nSPS) is 19.8. The van der Waals surface area contributed by atoms with Crippen LogP contribution in [0.2, 0.25) is 0 Å². The molecule has 1 aliphatic heterocycles. The standard InChI is InChI=1S/C31H31NO3S/c32-19-23-6-4-7-25(16-23)26-8-5-9-27(17-26)31-34-28(21-36-29-10-2-1-3-11-29)18-30(35-31)24-14-12-22(20-33)13-15-24/h1-17,28,30-31,33H,18-21,32H2. The van der Waals surface area contributed by atoms with Crippen molar-refractivity contribution >= 4 is 11.8 Å². The number of benzene rings is 4. The zero-order chi connectivity index (χ0) is 24.7. The minimum atomic E-state index is -0.472. The summed E-state index contributed by atoms with van der Waals surface area (Å²) in [7, 11) is 0. The van der Waals surface area contributed by atoms with Crippen LogP contribution in [-0.4, -0.2) is 17.0 Å². The van der Waals surface area contributed by atoms with Crippen LogP contribution in [0.15, 0.2) is 108 Å². The van der Waals surface area contributed by atoms with Crippen LogP contribution < -0.4 is 5.73 Å². The van der Waals surface area contributed by atoms with Crippen molar-refractivity contribution in [1.29, 1.82) is 0 Å². The number of thioether (sulfide) groups is 1. The minimum Gasteiger partial charge on any atom is -0.392 e. The van der Waals surface area contributed by atoms with E-state index >= 15 is 0 Å². The molecule has 0 aromatic heterocycles. The lowest BCUT2D eigenvalue weighted by atomic mass is 9.99. The highest BCUT2D eigenvalue weighted by atomic mass is 32.2. The van der Waals surface area contributed by atoms with Gasteiger partial charge in [-0.3, -0.25) is 0 Å². The molecule has 0 aliphatic carbocycles. The van der Waals surface area contributed by atoms with Gasteiger partial charge in [0.15, 0.2) is 6.29 Å². The molecule has 0 amide bonds. The molecular weight excluding hydrogens is 466 g/mol. The summed E-state index contributed by atoms with van der Waals surface area (Å²) in [5.41, 5.74) is 12.2. The van der Waals surface area contributed by atoms with Crippen LogP contribution in [0.5, 0.6) is 0 Å². The van der Waals surface area contributed by atoms with Gasteiger partial charge in [-0.05, 0) is 52.1 Å². The second-order valence-electron chi connectivity index (χ2n) is 9.00. The molecule has 0 saturated carbocycles. The highest BCUT2D eigenvalue weighted by Gasteiger charge is 2.32. The van der Waals surface area contributed by atoms with Gasteiger partial charge in [-0.25, -0.2) is 0 Å². The smallest absolute Gasteiger partial charge is 0.184 e. The number of rotatable bonds is 8. The second-order valence-corrected chi connectivity index (χ2v) is 10.1. The van der Waals surface area contributed by atoms with Crippen LogP contribution in [0.1, 0.15) is 41.1 Å². The van der Waals surface area contributed by atoms with Gasteiger partial charge in [0, 0.05) is 29.2 Å². The van der Waals surface area contributed by atoms with Gasteiger partial charge in [-0.2, -0.15) is 0 Å². The first kappa shape index (κ1) is 24.8. The SMILES string of the molecule is NCc1cccc(-c2cccc(C3OC(CSc4ccccc4)CC(c4ccc(CO)cc4)O3)c2)c1. The van der Waals surface area contributed by atoms with Crippen LogP contribution in [0.3, 0.4) is 0 Å². The Morgan fingerprint density at radius 3 is 2.25 bits per heavy atom. The lowest BCUT2D eigenvalue weighted by Crippen LogP contribution is -2.31. The first-order chi connectivity index (χ1) is 17.7. The minimum absolute atomic E-state index is 0.0284. The maximum Gasteiger partial charge on any atom is 0.184 e. The third-order valence-corrected chi connectivity index (χ3v) is 7.59. The van der Waals surface area contributed by atoms with Crippen molar-refractivity contribution in [2.45, 2.75) is 43.0 Å². The molecule has 3 N–H and O–H groups in total. The van der Waals surface area contributed by atoms with Gasteiger partial charge < -0.3 is 20.3 Å². The fourth-order valence-electron chi connectivity index (χ4n) is 4.47. The van der Waals surface area contributed by atoms with Gasteiger partial charge in [0.05, 0.1) is 18.8 Å². The van der Waals surface area contributed by atoms with E-state index in [4.69, 9.17) is 15.2 Å². The van der Waals surface area contributed by atoms with Crippen LogP contribution in [0.4, 0.5) is 0 Å². The Morgan fingerprint density at radius 1 is 0.750 bits per heavy atom. The van der Waals surface area contributed by atoms with Crippen molar-refractivity contribution in [2.75, 3.05) is 5.75 Å².